The topological polar surface area (TPSA) is 12.5 Å². The fourth-order valence-electron chi connectivity index (χ4n) is 2.27. The van der Waals surface area contributed by atoms with Gasteiger partial charge in [-0.25, -0.2) is 0 Å². The Hall–Kier alpha value is -1.17. The lowest BCUT2D eigenvalue weighted by Gasteiger charge is -2.16. The van der Waals surface area contributed by atoms with Gasteiger partial charge in [-0.3, -0.25) is 0 Å². The van der Waals surface area contributed by atoms with Crippen molar-refractivity contribution in [2.75, 3.05) is 26.2 Å². The van der Waals surface area contributed by atoms with Crippen molar-refractivity contribution >= 4 is 12.4 Å². The van der Waals surface area contributed by atoms with Crippen LogP contribution in [0.2, 0.25) is 0 Å². The normalized spacial score (nSPS) is 16.8. The summed E-state index contributed by atoms with van der Waals surface area (Å²) >= 11 is 0. The van der Waals surface area contributed by atoms with Gasteiger partial charge in [-0.1, -0.05) is 12.1 Å². The molecule has 1 aromatic carbocycles. The van der Waals surface area contributed by atoms with Gasteiger partial charge in [-0.05, 0) is 44.5 Å². The Balaban J connectivity index is 1.71. The monoisotopic (exact) mass is 272 g/mol. The van der Waals surface area contributed by atoms with E-state index in [-0.39, 0.29) is 0 Å². The van der Waals surface area contributed by atoms with Crippen LogP contribution < -0.4 is 10.2 Å². The molecule has 0 aromatic heterocycles. The van der Waals surface area contributed by atoms with Gasteiger partial charge in [0.05, 0.1) is 6.61 Å². The maximum absolute atomic E-state index is 12.4. The van der Waals surface area contributed by atoms with Crippen molar-refractivity contribution in [3.8, 4) is 5.75 Å². The molecule has 0 spiro atoms. The highest BCUT2D eigenvalue weighted by atomic mass is 19.4. The van der Waals surface area contributed by atoms with Crippen LogP contribution >= 0.6 is 0 Å². The Morgan fingerprint density at radius 3 is 2.26 bits per heavy atom. The van der Waals surface area contributed by atoms with Crippen LogP contribution in [0.15, 0.2) is 24.3 Å². The van der Waals surface area contributed by atoms with Crippen LogP contribution in [-0.4, -0.2) is 38.1 Å². The van der Waals surface area contributed by atoms with E-state index in [2.05, 4.69) is 4.90 Å². The lowest BCUT2D eigenvalue weighted by molar-refractivity contribution is 0.263. The van der Waals surface area contributed by atoms with Crippen LogP contribution in [0.1, 0.15) is 19.3 Å². The molecule has 106 valence electrons. The Labute approximate surface area is 111 Å². The summed E-state index contributed by atoms with van der Waals surface area (Å²) in [5.41, 5.74) is -0.579. The quantitative estimate of drug-likeness (QED) is 0.583. The summed E-state index contributed by atoms with van der Waals surface area (Å²) in [6, 6.07) is 4.94. The zero-order valence-electron chi connectivity index (χ0n) is 10.8. The molecular formula is C13H18BF3NO-. The maximum Gasteiger partial charge on any atom is 0.509 e. The Morgan fingerprint density at radius 1 is 1.05 bits per heavy atom. The molecule has 2 rings (SSSR count). The van der Waals surface area contributed by atoms with Crippen molar-refractivity contribution in [3.05, 3.63) is 24.3 Å². The summed E-state index contributed by atoms with van der Waals surface area (Å²) in [6.07, 6.45) is 3.44. The highest BCUT2D eigenvalue weighted by molar-refractivity contribution is 6.73. The van der Waals surface area contributed by atoms with E-state index in [1.165, 1.54) is 25.0 Å². The molecular weight excluding hydrogens is 254 g/mol. The van der Waals surface area contributed by atoms with E-state index in [0.717, 1.165) is 38.2 Å². The summed E-state index contributed by atoms with van der Waals surface area (Å²) in [4.78, 5) is 2.39. The summed E-state index contributed by atoms with van der Waals surface area (Å²) in [5, 5.41) is 0. The SMILES string of the molecule is F[B-](F)(F)c1ccc(OCCCN2CCCC2)cc1. The average Bonchev–Trinajstić information content (AvgIpc) is 2.87. The molecule has 0 unspecified atom stereocenters. The summed E-state index contributed by atoms with van der Waals surface area (Å²) in [5.74, 6) is 0.505. The van der Waals surface area contributed by atoms with Crippen LogP contribution in [-0.2, 0) is 0 Å². The van der Waals surface area contributed by atoms with Gasteiger partial charge in [0.1, 0.15) is 5.75 Å². The third kappa shape index (κ3) is 4.46. The molecule has 6 heteroatoms. The van der Waals surface area contributed by atoms with Crippen molar-refractivity contribution in [1.29, 1.82) is 0 Å². The van der Waals surface area contributed by atoms with Gasteiger partial charge in [-0.2, -0.15) is 0 Å². The van der Waals surface area contributed by atoms with Crippen molar-refractivity contribution in [1.82, 2.24) is 4.90 Å². The fourth-order valence-corrected chi connectivity index (χ4v) is 2.27. The van der Waals surface area contributed by atoms with E-state index in [1.54, 1.807) is 0 Å². The number of nitrogens with zero attached hydrogens (tertiary/aromatic N) is 1. The highest BCUT2D eigenvalue weighted by Gasteiger charge is 2.24. The Morgan fingerprint density at radius 2 is 1.68 bits per heavy atom. The Kier molecular flexibility index (Phi) is 4.74. The van der Waals surface area contributed by atoms with Gasteiger partial charge in [0.25, 0.3) is 0 Å². The minimum Gasteiger partial charge on any atom is -0.494 e. The minimum absolute atomic E-state index is 0.505. The third-order valence-electron chi connectivity index (χ3n) is 3.34. The van der Waals surface area contributed by atoms with Crippen LogP contribution in [0.4, 0.5) is 12.9 Å². The molecule has 0 radical (unpaired) electrons. The second kappa shape index (κ2) is 6.32. The third-order valence-corrected chi connectivity index (χ3v) is 3.34. The molecule has 0 saturated carbocycles. The molecule has 19 heavy (non-hydrogen) atoms. The molecule has 0 amide bonds. The van der Waals surface area contributed by atoms with Crippen molar-refractivity contribution in [3.63, 3.8) is 0 Å². The highest BCUT2D eigenvalue weighted by Crippen LogP contribution is 2.14. The predicted molar refractivity (Wildman–Crippen MR) is 70.9 cm³/mol. The van der Waals surface area contributed by atoms with Crippen LogP contribution in [0, 0.1) is 0 Å². The Bertz CT molecular complexity index is 388. The molecule has 1 aliphatic rings. The first-order valence-corrected chi connectivity index (χ1v) is 6.71. The first kappa shape index (κ1) is 14.2. The van der Waals surface area contributed by atoms with E-state index < -0.39 is 12.4 Å². The average molecular weight is 272 g/mol. The second-order valence-electron chi connectivity index (χ2n) is 4.89. The summed E-state index contributed by atoms with van der Waals surface area (Å²) in [6.45, 7) is -1.05. The van der Waals surface area contributed by atoms with Gasteiger partial charge in [-0.15, -0.1) is 5.46 Å². The van der Waals surface area contributed by atoms with E-state index in [4.69, 9.17) is 4.74 Å². The number of hydrogen-bond donors (Lipinski definition) is 0. The summed E-state index contributed by atoms with van der Waals surface area (Å²) < 4.78 is 42.7. The lowest BCUT2D eigenvalue weighted by atomic mass is 9.80. The molecule has 2 nitrogen and oxygen atoms in total. The van der Waals surface area contributed by atoms with Gasteiger partial charge < -0.3 is 22.6 Å². The summed E-state index contributed by atoms with van der Waals surface area (Å²) in [7, 11) is 0. The van der Waals surface area contributed by atoms with Gasteiger partial charge in [0.2, 0.25) is 0 Å². The van der Waals surface area contributed by atoms with E-state index in [0.29, 0.717) is 12.4 Å². The molecule has 1 fully saturated rings. The van der Waals surface area contributed by atoms with E-state index in [1.807, 2.05) is 0 Å². The number of benzene rings is 1. The van der Waals surface area contributed by atoms with E-state index >= 15 is 0 Å². The first-order chi connectivity index (χ1) is 9.05. The molecule has 0 N–H and O–H groups in total. The van der Waals surface area contributed by atoms with Crippen molar-refractivity contribution < 1.29 is 17.7 Å². The molecule has 1 aliphatic heterocycles. The van der Waals surface area contributed by atoms with Gasteiger partial charge in [0, 0.05) is 6.54 Å². The van der Waals surface area contributed by atoms with Gasteiger partial charge in [0.15, 0.2) is 0 Å². The molecule has 1 heterocycles. The number of halogens is 3. The fraction of sp³-hybridized carbons (Fsp3) is 0.538. The minimum atomic E-state index is -4.91. The maximum atomic E-state index is 12.4. The molecule has 0 atom stereocenters. The standard InChI is InChI=1S/C13H18BF3NO/c15-14(16,17)12-4-6-13(7-5-12)19-11-3-10-18-8-1-2-9-18/h4-7H,1-3,8-11H2/q-1. The van der Waals surface area contributed by atoms with Crippen molar-refractivity contribution in [2.45, 2.75) is 19.3 Å². The zero-order valence-corrected chi connectivity index (χ0v) is 10.8. The van der Waals surface area contributed by atoms with Crippen LogP contribution in [0.3, 0.4) is 0 Å². The molecule has 0 aliphatic carbocycles. The first-order valence-electron chi connectivity index (χ1n) is 6.71. The number of hydrogen-bond acceptors (Lipinski definition) is 2. The zero-order chi connectivity index (χ0) is 13.7. The number of likely N-dealkylation sites (tertiary alicyclic amines) is 1. The van der Waals surface area contributed by atoms with Crippen LogP contribution in [0.25, 0.3) is 0 Å². The number of ether oxygens (including phenoxy) is 1. The smallest absolute Gasteiger partial charge is 0.494 e. The number of rotatable bonds is 6. The largest absolute Gasteiger partial charge is 0.509 e. The van der Waals surface area contributed by atoms with Gasteiger partial charge >= 0.3 is 6.98 Å². The lowest BCUT2D eigenvalue weighted by Crippen LogP contribution is -2.33. The predicted octanol–water partition coefficient (Wildman–Crippen LogP) is 2.61. The van der Waals surface area contributed by atoms with Crippen molar-refractivity contribution in [2.24, 2.45) is 0 Å². The van der Waals surface area contributed by atoms with Crippen LogP contribution in [0.5, 0.6) is 5.75 Å². The second-order valence-corrected chi connectivity index (χ2v) is 4.89. The molecule has 1 aromatic rings. The molecule has 0 bridgehead atoms. The van der Waals surface area contributed by atoms with E-state index in [9.17, 15) is 12.9 Å². The molecule has 1 saturated heterocycles.